The molecule has 0 saturated carbocycles. The highest BCUT2D eigenvalue weighted by Gasteiger charge is 2.23. The number of nitrogens with zero attached hydrogens (tertiary/aromatic N) is 4. The van der Waals surface area contributed by atoms with E-state index < -0.39 is 0 Å². The SMILES string of the molecule is CCCCn1cc(OC(=O)C(C)C)c2c1nc(C(C)C)n1c3ccccc3nc21. The van der Waals surface area contributed by atoms with Crippen LogP contribution >= 0.6 is 0 Å². The number of carbonyl (C=O) groups is 1. The molecule has 6 heteroatoms. The van der Waals surface area contributed by atoms with Crippen molar-refractivity contribution in [2.24, 2.45) is 5.92 Å². The summed E-state index contributed by atoms with van der Waals surface area (Å²) in [4.78, 5) is 22.3. The fourth-order valence-corrected chi connectivity index (χ4v) is 3.63. The summed E-state index contributed by atoms with van der Waals surface area (Å²) in [5.74, 6) is 1.26. The fourth-order valence-electron chi connectivity index (χ4n) is 3.63. The molecule has 4 aromatic rings. The normalized spacial score (nSPS) is 12.1. The Morgan fingerprint density at radius 2 is 1.86 bits per heavy atom. The zero-order valence-electron chi connectivity index (χ0n) is 17.8. The van der Waals surface area contributed by atoms with Crippen molar-refractivity contribution in [3.05, 3.63) is 36.3 Å². The number of hydrogen-bond acceptors (Lipinski definition) is 4. The first-order chi connectivity index (χ1) is 13.9. The molecule has 3 heterocycles. The smallest absolute Gasteiger partial charge is 0.313 e. The van der Waals surface area contributed by atoms with Crippen LogP contribution < -0.4 is 4.74 Å². The van der Waals surface area contributed by atoms with E-state index in [9.17, 15) is 4.79 Å². The van der Waals surface area contributed by atoms with E-state index in [4.69, 9.17) is 14.7 Å². The van der Waals surface area contributed by atoms with Crippen LogP contribution in [-0.2, 0) is 11.3 Å². The molecule has 0 spiro atoms. The van der Waals surface area contributed by atoms with E-state index in [0.717, 1.165) is 52.9 Å². The second-order valence-corrected chi connectivity index (χ2v) is 8.20. The van der Waals surface area contributed by atoms with E-state index in [2.05, 4.69) is 35.8 Å². The number of unbranched alkanes of at least 4 members (excludes halogenated alkanes) is 1. The van der Waals surface area contributed by atoms with Gasteiger partial charge in [0.1, 0.15) is 16.9 Å². The van der Waals surface area contributed by atoms with E-state index in [1.54, 1.807) is 0 Å². The maximum absolute atomic E-state index is 12.4. The molecule has 152 valence electrons. The first kappa shape index (κ1) is 19.4. The number of para-hydroxylation sites is 2. The summed E-state index contributed by atoms with van der Waals surface area (Å²) in [5.41, 5.74) is 3.55. The average molecular weight is 393 g/mol. The summed E-state index contributed by atoms with van der Waals surface area (Å²) in [6, 6.07) is 8.06. The molecule has 0 unspecified atom stereocenters. The van der Waals surface area contributed by atoms with Gasteiger partial charge in [-0.2, -0.15) is 0 Å². The van der Waals surface area contributed by atoms with Gasteiger partial charge in [-0.05, 0) is 18.6 Å². The maximum atomic E-state index is 12.4. The van der Waals surface area contributed by atoms with E-state index >= 15 is 0 Å². The van der Waals surface area contributed by atoms with Gasteiger partial charge in [0.2, 0.25) is 0 Å². The Morgan fingerprint density at radius 1 is 1.10 bits per heavy atom. The number of aromatic nitrogens is 4. The highest BCUT2D eigenvalue weighted by Crippen LogP contribution is 2.35. The zero-order chi connectivity index (χ0) is 20.7. The highest BCUT2D eigenvalue weighted by molar-refractivity contribution is 6.01. The zero-order valence-corrected chi connectivity index (χ0v) is 17.8. The van der Waals surface area contributed by atoms with Gasteiger partial charge in [0.05, 0.1) is 17.0 Å². The van der Waals surface area contributed by atoms with Crippen LogP contribution in [0, 0.1) is 5.92 Å². The number of hydrogen-bond donors (Lipinski definition) is 0. The van der Waals surface area contributed by atoms with Crippen molar-refractivity contribution in [3.63, 3.8) is 0 Å². The Kier molecular flexibility index (Phi) is 5.03. The Hall–Kier alpha value is -2.89. The van der Waals surface area contributed by atoms with Gasteiger partial charge in [-0.25, -0.2) is 9.97 Å². The predicted molar refractivity (Wildman–Crippen MR) is 115 cm³/mol. The number of esters is 1. The second-order valence-electron chi connectivity index (χ2n) is 8.20. The first-order valence-corrected chi connectivity index (χ1v) is 10.4. The average Bonchev–Trinajstić information content (AvgIpc) is 3.23. The van der Waals surface area contributed by atoms with Gasteiger partial charge in [0.15, 0.2) is 11.4 Å². The molecule has 0 aliphatic carbocycles. The Balaban J connectivity index is 2.09. The van der Waals surface area contributed by atoms with E-state index in [0.29, 0.717) is 5.75 Å². The largest absolute Gasteiger partial charge is 0.424 e. The topological polar surface area (TPSA) is 61.4 Å². The lowest BCUT2D eigenvalue weighted by molar-refractivity contribution is -0.137. The van der Waals surface area contributed by atoms with Crippen LogP contribution in [-0.4, -0.2) is 24.9 Å². The van der Waals surface area contributed by atoms with Crippen molar-refractivity contribution in [2.75, 3.05) is 0 Å². The van der Waals surface area contributed by atoms with Crippen molar-refractivity contribution in [2.45, 2.75) is 59.9 Å². The molecule has 1 aromatic carbocycles. The molecule has 3 aromatic heterocycles. The number of fused-ring (bicyclic) bond motifs is 5. The third kappa shape index (κ3) is 3.26. The molecule has 0 aliphatic heterocycles. The summed E-state index contributed by atoms with van der Waals surface area (Å²) in [7, 11) is 0. The maximum Gasteiger partial charge on any atom is 0.313 e. The standard InChI is InChI=1S/C23H28N4O2/c1-6-7-12-26-13-18(29-23(28)15(4)5)19-21(26)25-20(14(2)3)27-17-11-9-8-10-16(17)24-22(19)27/h8-11,13-15H,6-7,12H2,1-5H3. The Morgan fingerprint density at radius 3 is 2.55 bits per heavy atom. The number of rotatable bonds is 6. The monoisotopic (exact) mass is 392 g/mol. The van der Waals surface area contributed by atoms with Gasteiger partial charge >= 0.3 is 5.97 Å². The first-order valence-electron chi connectivity index (χ1n) is 10.4. The van der Waals surface area contributed by atoms with Crippen molar-refractivity contribution >= 4 is 33.7 Å². The van der Waals surface area contributed by atoms with Gasteiger partial charge in [-0.15, -0.1) is 0 Å². The highest BCUT2D eigenvalue weighted by atomic mass is 16.5. The van der Waals surface area contributed by atoms with Gasteiger partial charge in [-0.3, -0.25) is 9.20 Å². The van der Waals surface area contributed by atoms with Gasteiger partial charge in [-0.1, -0.05) is 53.2 Å². The van der Waals surface area contributed by atoms with Crippen LogP contribution in [0.4, 0.5) is 0 Å². The molecule has 0 radical (unpaired) electrons. The number of ether oxygens (including phenoxy) is 1. The van der Waals surface area contributed by atoms with E-state index in [-0.39, 0.29) is 17.8 Å². The molecular weight excluding hydrogens is 364 g/mol. The molecule has 0 bridgehead atoms. The molecule has 6 nitrogen and oxygen atoms in total. The summed E-state index contributed by atoms with van der Waals surface area (Å²) >= 11 is 0. The third-order valence-corrected chi connectivity index (χ3v) is 5.20. The second kappa shape index (κ2) is 7.50. The van der Waals surface area contributed by atoms with Crippen LogP contribution in [0.2, 0.25) is 0 Å². The number of benzene rings is 1. The van der Waals surface area contributed by atoms with Crippen LogP contribution in [0.25, 0.3) is 27.7 Å². The Bertz CT molecular complexity index is 1200. The molecule has 0 amide bonds. The van der Waals surface area contributed by atoms with Crippen LogP contribution in [0.3, 0.4) is 0 Å². The molecule has 0 N–H and O–H groups in total. The van der Waals surface area contributed by atoms with Gasteiger partial charge in [0, 0.05) is 18.7 Å². The molecule has 4 rings (SSSR count). The van der Waals surface area contributed by atoms with Crippen molar-refractivity contribution in [1.82, 2.24) is 18.9 Å². The quantitative estimate of drug-likeness (QED) is 0.417. The summed E-state index contributed by atoms with van der Waals surface area (Å²) < 4.78 is 10.0. The lowest BCUT2D eigenvalue weighted by Gasteiger charge is -2.12. The fraction of sp³-hybridized carbons (Fsp3) is 0.435. The van der Waals surface area contributed by atoms with Crippen LogP contribution in [0.5, 0.6) is 5.75 Å². The molecule has 0 atom stereocenters. The van der Waals surface area contributed by atoms with Crippen LogP contribution in [0.15, 0.2) is 30.5 Å². The number of aryl methyl sites for hydroxylation is 1. The van der Waals surface area contributed by atoms with Gasteiger partial charge in [0.25, 0.3) is 0 Å². The minimum absolute atomic E-state index is 0.207. The summed E-state index contributed by atoms with van der Waals surface area (Å²) in [6.45, 7) is 11.0. The van der Waals surface area contributed by atoms with Crippen LogP contribution in [0.1, 0.15) is 59.2 Å². The molecular formula is C23H28N4O2. The van der Waals surface area contributed by atoms with Gasteiger partial charge < -0.3 is 9.30 Å². The predicted octanol–water partition coefficient (Wildman–Crippen LogP) is 5.32. The lowest BCUT2D eigenvalue weighted by Crippen LogP contribution is -2.14. The lowest BCUT2D eigenvalue weighted by atomic mass is 10.2. The van der Waals surface area contributed by atoms with E-state index in [1.807, 2.05) is 38.2 Å². The third-order valence-electron chi connectivity index (χ3n) is 5.20. The summed E-state index contributed by atoms with van der Waals surface area (Å²) in [5, 5.41) is 0.802. The molecule has 0 fully saturated rings. The van der Waals surface area contributed by atoms with E-state index in [1.165, 1.54) is 0 Å². The van der Waals surface area contributed by atoms with Crippen molar-refractivity contribution < 1.29 is 9.53 Å². The molecule has 29 heavy (non-hydrogen) atoms. The summed E-state index contributed by atoms with van der Waals surface area (Å²) in [6.07, 6.45) is 4.02. The molecule has 0 aliphatic rings. The molecule has 0 saturated heterocycles. The van der Waals surface area contributed by atoms with Crippen molar-refractivity contribution in [1.29, 1.82) is 0 Å². The Labute approximate surface area is 170 Å². The number of carbonyl (C=O) groups excluding carboxylic acids is 1. The minimum Gasteiger partial charge on any atom is -0.424 e. The van der Waals surface area contributed by atoms with Crippen molar-refractivity contribution in [3.8, 4) is 5.75 Å². The minimum atomic E-state index is -0.248. The number of imidazole rings is 1.